The highest BCUT2D eigenvalue weighted by Crippen LogP contribution is 2.45. The van der Waals surface area contributed by atoms with Crippen LogP contribution in [0.3, 0.4) is 0 Å². The maximum Gasteiger partial charge on any atom is 0.231 e. The second kappa shape index (κ2) is 9.14. The normalized spacial score (nSPS) is 18.9. The van der Waals surface area contributed by atoms with Crippen LogP contribution in [0.15, 0.2) is 68.0 Å². The van der Waals surface area contributed by atoms with Gasteiger partial charge < -0.3 is 35.2 Å². The number of allylic oxidation sites excluding steroid dienone is 1. The number of carbonyl (C=O) groups is 1. The molecular weight excluding hydrogens is 442 g/mol. The van der Waals surface area contributed by atoms with E-state index >= 15 is 0 Å². The Morgan fingerprint density at radius 1 is 1.36 bits per heavy atom. The van der Waals surface area contributed by atoms with E-state index in [1.54, 1.807) is 18.0 Å². The maximum absolute atomic E-state index is 10.9. The number of amidine groups is 1. The fourth-order valence-corrected chi connectivity index (χ4v) is 5.18. The van der Waals surface area contributed by atoms with Gasteiger partial charge in [0, 0.05) is 41.9 Å². The van der Waals surface area contributed by atoms with Crippen molar-refractivity contribution in [2.45, 2.75) is 30.2 Å². The molecule has 1 saturated heterocycles. The van der Waals surface area contributed by atoms with Crippen LogP contribution in [0.1, 0.15) is 19.8 Å². The van der Waals surface area contributed by atoms with Gasteiger partial charge in [0.15, 0.2) is 22.8 Å². The summed E-state index contributed by atoms with van der Waals surface area (Å²) in [5.41, 5.74) is 9.95. The smallest absolute Gasteiger partial charge is 0.231 e. The molecule has 1 aromatic heterocycles. The molecule has 4 heterocycles. The Kier molecular flexibility index (Phi) is 5.91. The Balaban J connectivity index is 1.51. The van der Waals surface area contributed by atoms with E-state index in [1.165, 1.54) is 5.57 Å². The van der Waals surface area contributed by atoms with Gasteiger partial charge >= 0.3 is 0 Å². The molecule has 1 fully saturated rings. The number of amides is 1. The van der Waals surface area contributed by atoms with Gasteiger partial charge in [-0.3, -0.25) is 4.79 Å². The molecular formula is C23H25N5O4S. The molecule has 1 amide bonds. The van der Waals surface area contributed by atoms with Gasteiger partial charge in [-0.05, 0) is 36.3 Å². The average Bonchev–Trinajstić information content (AvgIpc) is 3.55. The Morgan fingerprint density at radius 3 is 2.97 bits per heavy atom. The quantitative estimate of drug-likeness (QED) is 0.401. The van der Waals surface area contributed by atoms with Crippen LogP contribution in [0.2, 0.25) is 0 Å². The molecule has 0 spiro atoms. The third-order valence-corrected chi connectivity index (χ3v) is 6.88. The van der Waals surface area contributed by atoms with Gasteiger partial charge in [0.2, 0.25) is 13.2 Å². The van der Waals surface area contributed by atoms with Crippen LogP contribution >= 0.6 is 11.8 Å². The number of nitrogens with one attached hydrogen (secondary N) is 2. The van der Waals surface area contributed by atoms with E-state index in [2.05, 4.69) is 22.5 Å². The van der Waals surface area contributed by atoms with Crippen molar-refractivity contribution < 1.29 is 18.7 Å². The predicted octanol–water partition coefficient (Wildman–Crippen LogP) is 2.97. The highest BCUT2D eigenvalue weighted by Gasteiger charge is 2.36. The minimum absolute atomic E-state index is 0.193. The Labute approximate surface area is 195 Å². The second-order valence-electron chi connectivity index (χ2n) is 7.73. The zero-order valence-electron chi connectivity index (χ0n) is 18.2. The molecule has 4 N–H and O–H groups in total. The molecule has 3 aliphatic rings. The number of hydrogen-bond acceptors (Lipinski definition) is 9. The lowest BCUT2D eigenvalue weighted by Gasteiger charge is -2.25. The number of carbonyl (C=O) groups excluding carboxylic acids is 1. The van der Waals surface area contributed by atoms with Crippen LogP contribution in [0.5, 0.6) is 11.5 Å². The largest absolute Gasteiger partial charge is 0.464 e. The first kappa shape index (κ1) is 21.3. The van der Waals surface area contributed by atoms with E-state index < -0.39 is 0 Å². The van der Waals surface area contributed by atoms with Crippen molar-refractivity contribution in [3.8, 4) is 22.8 Å². The summed E-state index contributed by atoms with van der Waals surface area (Å²) in [6.07, 6.45) is 5.81. The van der Waals surface area contributed by atoms with Crippen molar-refractivity contribution in [3.05, 3.63) is 53.7 Å². The molecule has 33 heavy (non-hydrogen) atoms. The summed E-state index contributed by atoms with van der Waals surface area (Å²) in [7, 11) is 0. The van der Waals surface area contributed by atoms with E-state index in [0.717, 1.165) is 39.9 Å². The summed E-state index contributed by atoms with van der Waals surface area (Å²) in [6.45, 7) is 3.33. The average molecular weight is 468 g/mol. The topological polar surface area (TPSA) is 114 Å². The highest BCUT2D eigenvalue weighted by molar-refractivity contribution is 8.00. The zero-order valence-corrected chi connectivity index (χ0v) is 19.0. The van der Waals surface area contributed by atoms with Gasteiger partial charge in [-0.1, -0.05) is 18.7 Å². The van der Waals surface area contributed by atoms with E-state index in [-0.39, 0.29) is 12.3 Å². The standard InChI is InChI=1S/C23H25N5O4S/c1-2-14-8-16(24)21-22(26-11-14)28(6-5-25-12-29)23(27-21)33-20-10-19-18(31-13-32-19)9-15(20)17-4-3-7-30-17/h3-4,7,9-12,23,27H,2,5-6,8,13,24H2,1H3,(H,25,29). The monoisotopic (exact) mass is 467 g/mol. The molecule has 0 saturated carbocycles. The summed E-state index contributed by atoms with van der Waals surface area (Å²) in [4.78, 5) is 18.7. The number of hydrogen-bond donors (Lipinski definition) is 3. The molecule has 172 valence electrons. The first-order chi connectivity index (χ1) is 16.2. The van der Waals surface area contributed by atoms with E-state index in [9.17, 15) is 4.79 Å². The first-order valence-electron chi connectivity index (χ1n) is 10.8. The summed E-state index contributed by atoms with van der Waals surface area (Å²) in [6, 6.07) is 7.68. The first-order valence-corrected chi connectivity index (χ1v) is 11.6. The number of nitrogens with two attached hydrogens (primary N) is 1. The molecule has 0 radical (unpaired) electrons. The predicted molar refractivity (Wildman–Crippen MR) is 125 cm³/mol. The summed E-state index contributed by atoms with van der Waals surface area (Å²) in [5.74, 6) is 2.90. The number of furan rings is 1. The molecule has 0 bridgehead atoms. The van der Waals surface area contributed by atoms with Gasteiger partial charge in [-0.2, -0.15) is 0 Å². The minimum atomic E-state index is -0.198. The SMILES string of the molecule is CCC1=CN=C2C(=C(N)C1)NC(Sc1cc3c(cc1-c1ccco1)OCO3)N2CCNC=O. The molecule has 0 aliphatic carbocycles. The number of fused-ring (bicyclic) bond motifs is 2. The number of benzene rings is 1. The lowest BCUT2D eigenvalue weighted by atomic mass is 10.1. The second-order valence-corrected chi connectivity index (χ2v) is 8.85. The third kappa shape index (κ3) is 4.13. The molecule has 3 aliphatic heterocycles. The highest BCUT2D eigenvalue weighted by atomic mass is 32.2. The van der Waals surface area contributed by atoms with Crippen LogP contribution in [-0.4, -0.2) is 42.5 Å². The summed E-state index contributed by atoms with van der Waals surface area (Å²) >= 11 is 1.60. The van der Waals surface area contributed by atoms with Crippen molar-refractivity contribution in [3.63, 3.8) is 0 Å². The van der Waals surface area contributed by atoms with Crippen molar-refractivity contribution in [2.75, 3.05) is 19.9 Å². The summed E-state index contributed by atoms with van der Waals surface area (Å²) in [5, 5.41) is 6.29. The molecule has 9 nitrogen and oxygen atoms in total. The van der Waals surface area contributed by atoms with E-state index in [0.29, 0.717) is 37.4 Å². The molecule has 1 unspecified atom stereocenters. The number of rotatable bonds is 8. The number of thioether (sulfide) groups is 1. The van der Waals surface area contributed by atoms with Crippen LogP contribution in [-0.2, 0) is 4.79 Å². The van der Waals surface area contributed by atoms with Crippen LogP contribution in [0.25, 0.3) is 11.3 Å². The lowest BCUT2D eigenvalue weighted by Crippen LogP contribution is -2.39. The Hall–Kier alpha value is -3.53. The lowest BCUT2D eigenvalue weighted by molar-refractivity contribution is -0.109. The van der Waals surface area contributed by atoms with Crippen molar-refractivity contribution >= 4 is 24.0 Å². The van der Waals surface area contributed by atoms with Crippen LogP contribution in [0.4, 0.5) is 0 Å². The zero-order chi connectivity index (χ0) is 22.8. The van der Waals surface area contributed by atoms with Gasteiger partial charge in [-0.25, -0.2) is 4.99 Å². The number of ether oxygens (including phenoxy) is 2. The maximum atomic E-state index is 10.9. The van der Waals surface area contributed by atoms with Crippen molar-refractivity contribution in [1.29, 1.82) is 0 Å². The van der Waals surface area contributed by atoms with Gasteiger partial charge in [0.1, 0.15) is 5.76 Å². The van der Waals surface area contributed by atoms with Gasteiger partial charge in [0.05, 0.1) is 12.0 Å². The van der Waals surface area contributed by atoms with Crippen LogP contribution in [0, 0.1) is 0 Å². The Bertz CT molecular complexity index is 1140. The molecule has 10 heteroatoms. The Morgan fingerprint density at radius 2 is 2.21 bits per heavy atom. The minimum Gasteiger partial charge on any atom is -0.464 e. The third-order valence-electron chi connectivity index (χ3n) is 5.69. The fourth-order valence-electron chi connectivity index (χ4n) is 3.97. The fraction of sp³-hybridized carbons (Fsp3) is 0.304. The van der Waals surface area contributed by atoms with Crippen molar-refractivity contribution in [1.82, 2.24) is 15.5 Å². The number of aliphatic imine (C=N–C) groups is 1. The van der Waals surface area contributed by atoms with Gasteiger partial charge in [-0.15, -0.1) is 0 Å². The van der Waals surface area contributed by atoms with Crippen LogP contribution < -0.4 is 25.8 Å². The van der Waals surface area contributed by atoms with Gasteiger partial charge in [0.25, 0.3) is 0 Å². The molecule has 5 rings (SSSR count). The van der Waals surface area contributed by atoms with E-state index in [4.69, 9.17) is 24.6 Å². The molecule has 2 aromatic rings. The number of nitrogens with zero attached hydrogens (tertiary/aromatic N) is 2. The molecule has 1 atom stereocenters. The van der Waals surface area contributed by atoms with E-state index in [1.807, 2.05) is 30.5 Å². The van der Waals surface area contributed by atoms with Crippen molar-refractivity contribution in [2.24, 2.45) is 10.7 Å². The summed E-state index contributed by atoms with van der Waals surface area (Å²) < 4.78 is 16.9. The molecule has 1 aromatic carbocycles.